The van der Waals surface area contributed by atoms with E-state index >= 15 is 0 Å². The molecule has 104 valence electrons. The van der Waals surface area contributed by atoms with Crippen molar-refractivity contribution < 1.29 is 9.53 Å². The molecule has 0 spiro atoms. The second-order valence-electron chi connectivity index (χ2n) is 4.56. The second kappa shape index (κ2) is 5.63. The number of rotatable bonds is 4. The van der Waals surface area contributed by atoms with Crippen molar-refractivity contribution in [3.05, 3.63) is 66.4 Å². The summed E-state index contributed by atoms with van der Waals surface area (Å²) in [6.07, 6.45) is 2.56. The molecule has 0 aliphatic carbocycles. The SMILES string of the molecule is COc1ccc(-n2cc(C=O)c(-c3ccccc3)n2)cc1. The van der Waals surface area contributed by atoms with Crippen LogP contribution >= 0.6 is 0 Å². The van der Waals surface area contributed by atoms with Crippen LogP contribution in [0.4, 0.5) is 0 Å². The Morgan fingerprint density at radius 1 is 1.05 bits per heavy atom. The van der Waals surface area contributed by atoms with Gasteiger partial charge in [0.05, 0.1) is 18.4 Å². The highest BCUT2D eigenvalue weighted by Crippen LogP contribution is 2.23. The topological polar surface area (TPSA) is 44.1 Å². The molecule has 0 aliphatic rings. The summed E-state index contributed by atoms with van der Waals surface area (Å²) in [6.45, 7) is 0. The molecule has 0 radical (unpaired) electrons. The molecule has 4 nitrogen and oxygen atoms in total. The summed E-state index contributed by atoms with van der Waals surface area (Å²) < 4.78 is 6.84. The van der Waals surface area contributed by atoms with Crippen LogP contribution in [0.2, 0.25) is 0 Å². The molecule has 0 saturated carbocycles. The molecule has 0 N–H and O–H groups in total. The van der Waals surface area contributed by atoms with E-state index in [4.69, 9.17) is 4.74 Å². The van der Waals surface area contributed by atoms with Crippen LogP contribution in [0.3, 0.4) is 0 Å². The monoisotopic (exact) mass is 278 g/mol. The molecule has 1 aromatic heterocycles. The predicted molar refractivity (Wildman–Crippen MR) is 80.9 cm³/mol. The summed E-state index contributed by atoms with van der Waals surface area (Å²) in [4.78, 5) is 11.3. The van der Waals surface area contributed by atoms with E-state index in [-0.39, 0.29) is 0 Å². The van der Waals surface area contributed by atoms with Gasteiger partial charge in [-0.25, -0.2) is 4.68 Å². The Hall–Kier alpha value is -2.88. The molecule has 0 unspecified atom stereocenters. The fraction of sp³-hybridized carbons (Fsp3) is 0.0588. The minimum atomic E-state index is 0.567. The van der Waals surface area contributed by atoms with Gasteiger partial charge in [-0.05, 0) is 24.3 Å². The van der Waals surface area contributed by atoms with E-state index in [0.29, 0.717) is 11.3 Å². The van der Waals surface area contributed by atoms with Crippen molar-refractivity contribution in [2.24, 2.45) is 0 Å². The molecule has 1 heterocycles. The maximum absolute atomic E-state index is 11.3. The normalized spacial score (nSPS) is 10.3. The van der Waals surface area contributed by atoms with Crippen LogP contribution in [-0.2, 0) is 0 Å². The number of carbonyl (C=O) groups is 1. The highest BCUT2D eigenvalue weighted by molar-refractivity contribution is 5.85. The zero-order valence-electron chi connectivity index (χ0n) is 11.6. The lowest BCUT2D eigenvalue weighted by Gasteiger charge is -2.03. The van der Waals surface area contributed by atoms with Gasteiger partial charge < -0.3 is 4.74 Å². The number of benzene rings is 2. The number of methoxy groups -OCH3 is 1. The molecule has 0 atom stereocenters. The Morgan fingerprint density at radius 2 is 1.76 bits per heavy atom. The summed E-state index contributed by atoms with van der Waals surface area (Å²) >= 11 is 0. The molecule has 3 rings (SSSR count). The molecule has 21 heavy (non-hydrogen) atoms. The zero-order valence-corrected chi connectivity index (χ0v) is 11.6. The van der Waals surface area contributed by atoms with Crippen LogP contribution < -0.4 is 4.74 Å². The van der Waals surface area contributed by atoms with Crippen molar-refractivity contribution in [1.29, 1.82) is 0 Å². The van der Waals surface area contributed by atoms with Crippen molar-refractivity contribution in [3.63, 3.8) is 0 Å². The molecule has 0 aliphatic heterocycles. The van der Waals surface area contributed by atoms with Crippen molar-refractivity contribution in [3.8, 4) is 22.7 Å². The number of hydrogen-bond acceptors (Lipinski definition) is 3. The number of nitrogens with zero attached hydrogens (tertiary/aromatic N) is 2. The van der Waals surface area contributed by atoms with Gasteiger partial charge in [-0.2, -0.15) is 5.10 Å². The summed E-state index contributed by atoms with van der Waals surface area (Å²) in [5.74, 6) is 0.782. The number of ether oxygens (including phenoxy) is 1. The first-order chi connectivity index (χ1) is 10.3. The van der Waals surface area contributed by atoms with E-state index in [1.807, 2.05) is 54.6 Å². The molecule has 0 saturated heterocycles. The first kappa shape index (κ1) is 13.1. The molecular formula is C17H14N2O2. The van der Waals surface area contributed by atoms with Crippen molar-refractivity contribution >= 4 is 6.29 Å². The van der Waals surface area contributed by atoms with Crippen LogP contribution in [-0.4, -0.2) is 23.2 Å². The van der Waals surface area contributed by atoms with E-state index in [2.05, 4.69) is 5.10 Å². The highest BCUT2D eigenvalue weighted by atomic mass is 16.5. The molecule has 2 aromatic carbocycles. The fourth-order valence-electron chi connectivity index (χ4n) is 2.16. The van der Waals surface area contributed by atoms with Gasteiger partial charge in [0.1, 0.15) is 11.4 Å². The van der Waals surface area contributed by atoms with E-state index in [1.165, 1.54) is 0 Å². The minimum absolute atomic E-state index is 0.567. The van der Waals surface area contributed by atoms with Crippen LogP contribution in [0.1, 0.15) is 10.4 Å². The zero-order chi connectivity index (χ0) is 14.7. The van der Waals surface area contributed by atoms with Crippen molar-refractivity contribution in [2.45, 2.75) is 0 Å². The maximum atomic E-state index is 11.3. The van der Waals surface area contributed by atoms with Crippen LogP contribution in [0.15, 0.2) is 60.8 Å². The van der Waals surface area contributed by atoms with Crippen molar-refractivity contribution in [1.82, 2.24) is 9.78 Å². The molecular weight excluding hydrogens is 264 g/mol. The number of aromatic nitrogens is 2. The predicted octanol–water partition coefficient (Wildman–Crippen LogP) is 3.36. The van der Waals surface area contributed by atoms with E-state index in [0.717, 1.165) is 23.3 Å². The molecule has 4 heteroatoms. The maximum Gasteiger partial charge on any atom is 0.153 e. The third-order valence-corrected chi connectivity index (χ3v) is 3.25. The first-order valence-corrected chi connectivity index (χ1v) is 6.56. The molecule has 0 fully saturated rings. The van der Waals surface area contributed by atoms with Gasteiger partial charge in [-0.1, -0.05) is 30.3 Å². The second-order valence-corrected chi connectivity index (χ2v) is 4.56. The Labute approximate surface area is 122 Å². The molecule has 3 aromatic rings. The third kappa shape index (κ3) is 2.56. The number of hydrogen-bond donors (Lipinski definition) is 0. The first-order valence-electron chi connectivity index (χ1n) is 6.56. The third-order valence-electron chi connectivity index (χ3n) is 3.25. The van der Waals surface area contributed by atoms with Crippen molar-refractivity contribution in [2.75, 3.05) is 7.11 Å². The van der Waals surface area contributed by atoms with E-state index < -0.39 is 0 Å². The summed E-state index contributed by atoms with van der Waals surface area (Å²) in [6, 6.07) is 17.2. The van der Waals surface area contributed by atoms with Gasteiger partial charge in [0, 0.05) is 11.8 Å². The van der Waals surface area contributed by atoms with Crippen LogP contribution in [0.5, 0.6) is 5.75 Å². The van der Waals surface area contributed by atoms with Crippen LogP contribution in [0.25, 0.3) is 16.9 Å². The highest BCUT2D eigenvalue weighted by Gasteiger charge is 2.11. The lowest BCUT2D eigenvalue weighted by atomic mass is 10.1. The van der Waals surface area contributed by atoms with E-state index in [9.17, 15) is 4.79 Å². The Bertz CT molecular complexity index is 746. The lowest BCUT2D eigenvalue weighted by Crippen LogP contribution is -1.94. The van der Waals surface area contributed by atoms with E-state index in [1.54, 1.807) is 18.0 Å². The summed E-state index contributed by atoms with van der Waals surface area (Å²) in [5, 5.41) is 4.52. The Balaban J connectivity index is 2.04. The smallest absolute Gasteiger partial charge is 0.153 e. The molecule has 0 bridgehead atoms. The standard InChI is InChI=1S/C17H14N2O2/c1-21-16-9-7-15(8-10-16)19-11-14(12-20)17(18-19)13-5-3-2-4-6-13/h2-12H,1H3. The average Bonchev–Trinajstić information content (AvgIpc) is 3.00. The van der Waals surface area contributed by atoms with Gasteiger partial charge in [-0.3, -0.25) is 4.79 Å². The summed E-state index contributed by atoms with van der Waals surface area (Å²) in [7, 11) is 1.63. The minimum Gasteiger partial charge on any atom is -0.497 e. The van der Waals surface area contributed by atoms with Gasteiger partial charge in [0.15, 0.2) is 6.29 Å². The number of carbonyl (C=O) groups excluding carboxylic acids is 1. The van der Waals surface area contributed by atoms with Gasteiger partial charge in [0.2, 0.25) is 0 Å². The average molecular weight is 278 g/mol. The van der Waals surface area contributed by atoms with Gasteiger partial charge in [0.25, 0.3) is 0 Å². The Morgan fingerprint density at radius 3 is 2.38 bits per heavy atom. The lowest BCUT2D eigenvalue weighted by molar-refractivity contribution is 0.112. The number of aldehydes is 1. The summed E-state index contributed by atoms with van der Waals surface area (Å²) in [5.41, 5.74) is 3.05. The Kier molecular flexibility index (Phi) is 3.51. The van der Waals surface area contributed by atoms with Crippen LogP contribution in [0, 0.1) is 0 Å². The van der Waals surface area contributed by atoms with Gasteiger partial charge in [-0.15, -0.1) is 0 Å². The molecule has 0 amide bonds. The largest absolute Gasteiger partial charge is 0.497 e. The quantitative estimate of drug-likeness (QED) is 0.687. The fourth-order valence-corrected chi connectivity index (χ4v) is 2.16. The van der Waals surface area contributed by atoms with Gasteiger partial charge >= 0.3 is 0 Å².